The fourth-order valence-electron chi connectivity index (χ4n) is 6.21. The van der Waals surface area contributed by atoms with E-state index < -0.39 is 0 Å². The molecule has 0 radical (unpaired) electrons. The summed E-state index contributed by atoms with van der Waals surface area (Å²) in [5, 5.41) is 14.6. The Morgan fingerprint density at radius 2 is 2.00 bits per heavy atom. The predicted molar refractivity (Wildman–Crippen MR) is 137 cm³/mol. The van der Waals surface area contributed by atoms with E-state index in [-0.39, 0.29) is 0 Å². The SMILES string of the molecule is COc1ccc2ncc(C#N)c(CCN3CC4CC(NCc5ccc6c(c5)OCCO6)CC3C4)c2c1. The van der Waals surface area contributed by atoms with E-state index in [4.69, 9.17) is 14.2 Å². The fourth-order valence-corrected chi connectivity index (χ4v) is 6.21. The summed E-state index contributed by atoms with van der Waals surface area (Å²) in [6.45, 7) is 4.18. The summed E-state index contributed by atoms with van der Waals surface area (Å²) in [6, 6.07) is 15.6. The van der Waals surface area contributed by atoms with Crippen molar-refractivity contribution in [1.29, 1.82) is 5.26 Å². The van der Waals surface area contributed by atoms with Crippen molar-refractivity contribution < 1.29 is 14.2 Å². The van der Waals surface area contributed by atoms with Crippen LogP contribution in [0.15, 0.2) is 42.6 Å². The molecule has 7 heteroatoms. The van der Waals surface area contributed by atoms with Gasteiger partial charge in [-0.2, -0.15) is 5.26 Å². The lowest BCUT2D eigenvalue weighted by atomic mass is 9.86. The van der Waals surface area contributed by atoms with Crippen molar-refractivity contribution >= 4 is 10.9 Å². The Labute approximate surface area is 212 Å². The monoisotopic (exact) mass is 484 g/mol. The van der Waals surface area contributed by atoms with Gasteiger partial charge >= 0.3 is 0 Å². The molecule has 1 aromatic heterocycles. The Morgan fingerprint density at radius 3 is 2.86 bits per heavy atom. The Bertz CT molecular complexity index is 1300. The number of hydrogen-bond acceptors (Lipinski definition) is 7. The minimum Gasteiger partial charge on any atom is -0.497 e. The van der Waals surface area contributed by atoms with Crippen molar-refractivity contribution in [3.8, 4) is 23.3 Å². The second-order valence-electron chi connectivity index (χ2n) is 10.2. The van der Waals surface area contributed by atoms with Crippen LogP contribution in [0.4, 0.5) is 0 Å². The molecular weight excluding hydrogens is 452 g/mol. The van der Waals surface area contributed by atoms with Crippen LogP contribution in [0, 0.1) is 17.2 Å². The summed E-state index contributed by atoms with van der Waals surface area (Å²) >= 11 is 0. The fraction of sp³-hybridized carbons (Fsp3) is 0.448. The predicted octanol–water partition coefficient (Wildman–Crippen LogP) is 4.07. The highest BCUT2D eigenvalue weighted by molar-refractivity contribution is 5.85. The molecule has 3 aromatic rings. The number of benzene rings is 2. The molecule has 1 aliphatic carbocycles. The van der Waals surface area contributed by atoms with E-state index in [1.807, 2.05) is 24.3 Å². The number of rotatable bonds is 7. The number of nitrogens with one attached hydrogen (secondary N) is 1. The van der Waals surface area contributed by atoms with Gasteiger partial charge in [0.15, 0.2) is 11.5 Å². The topological polar surface area (TPSA) is 79.6 Å². The lowest BCUT2D eigenvalue weighted by Gasteiger charge is -2.30. The molecule has 36 heavy (non-hydrogen) atoms. The summed E-state index contributed by atoms with van der Waals surface area (Å²) in [4.78, 5) is 7.13. The van der Waals surface area contributed by atoms with Gasteiger partial charge in [-0.15, -0.1) is 0 Å². The van der Waals surface area contributed by atoms with E-state index in [0.717, 1.165) is 72.1 Å². The Hall–Kier alpha value is -3.34. The Morgan fingerprint density at radius 1 is 1.11 bits per heavy atom. The van der Waals surface area contributed by atoms with Gasteiger partial charge in [-0.1, -0.05) is 6.07 Å². The van der Waals surface area contributed by atoms with E-state index in [1.165, 1.54) is 18.4 Å². The first-order chi connectivity index (χ1) is 17.7. The molecule has 186 valence electrons. The minimum absolute atomic E-state index is 0.521. The Kier molecular flexibility index (Phi) is 6.39. The molecule has 3 heterocycles. The van der Waals surface area contributed by atoms with E-state index in [2.05, 4.69) is 33.4 Å². The quantitative estimate of drug-likeness (QED) is 0.542. The molecule has 2 fully saturated rings. The first-order valence-electron chi connectivity index (χ1n) is 12.9. The highest BCUT2D eigenvalue weighted by Crippen LogP contribution is 2.37. The Balaban J connectivity index is 1.10. The second-order valence-corrected chi connectivity index (χ2v) is 10.2. The number of fused-ring (bicyclic) bond motifs is 4. The van der Waals surface area contributed by atoms with Crippen molar-refractivity contribution in [2.24, 2.45) is 5.92 Å². The average Bonchev–Trinajstić information content (AvgIpc) is 3.22. The lowest BCUT2D eigenvalue weighted by Crippen LogP contribution is -2.39. The third kappa shape index (κ3) is 4.59. The second kappa shape index (κ2) is 9.96. The molecule has 3 aliphatic rings. The minimum atomic E-state index is 0.521. The van der Waals surface area contributed by atoms with Crippen LogP contribution in [-0.2, 0) is 13.0 Å². The van der Waals surface area contributed by atoms with Gasteiger partial charge in [0.2, 0.25) is 0 Å². The largest absolute Gasteiger partial charge is 0.497 e. The molecular formula is C29H32N4O3. The van der Waals surface area contributed by atoms with Gasteiger partial charge in [0.25, 0.3) is 0 Å². The van der Waals surface area contributed by atoms with Crippen molar-refractivity contribution in [2.75, 3.05) is 33.4 Å². The molecule has 0 spiro atoms. The van der Waals surface area contributed by atoms with Crippen LogP contribution < -0.4 is 19.5 Å². The molecule has 1 N–H and O–H groups in total. The normalized spacial score (nSPS) is 22.9. The van der Waals surface area contributed by atoms with Gasteiger partial charge in [0.1, 0.15) is 25.0 Å². The van der Waals surface area contributed by atoms with Crippen molar-refractivity contribution in [1.82, 2.24) is 15.2 Å². The van der Waals surface area contributed by atoms with Crippen LogP contribution in [0.3, 0.4) is 0 Å². The van der Waals surface area contributed by atoms with Gasteiger partial charge < -0.3 is 19.5 Å². The molecule has 6 rings (SSSR count). The van der Waals surface area contributed by atoms with Crippen LogP contribution in [0.25, 0.3) is 10.9 Å². The number of aromatic nitrogens is 1. The molecule has 2 aliphatic heterocycles. The number of likely N-dealkylation sites (tertiary alicyclic amines) is 1. The highest BCUT2D eigenvalue weighted by Gasteiger charge is 2.39. The summed E-state index contributed by atoms with van der Waals surface area (Å²) in [5.74, 6) is 3.22. The summed E-state index contributed by atoms with van der Waals surface area (Å²) in [5.41, 5.74) is 3.89. The van der Waals surface area contributed by atoms with Crippen molar-refractivity contribution in [3.63, 3.8) is 0 Å². The van der Waals surface area contributed by atoms with Crippen LogP contribution >= 0.6 is 0 Å². The maximum absolute atomic E-state index is 9.74. The summed E-state index contributed by atoms with van der Waals surface area (Å²) in [7, 11) is 1.67. The van der Waals surface area contributed by atoms with Gasteiger partial charge in [0.05, 0.1) is 18.2 Å². The van der Waals surface area contributed by atoms with Crippen LogP contribution in [0.2, 0.25) is 0 Å². The molecule has 3 atom stereocenters. The van der Waals surface area contributed by atoms with E-state index >= 15 is 0 Å². The van der Waals surface area contributed by atoms with Crippen molar-refractivity contribution in [2.45, 2.75) is 44.3 Å². The molecule has 7 nitrogen and oxygen atoms in total. The van der Waals surface area contributed by atoms with Gasteiger partial charge in [0, 0.05) is 43.3 Å². The number of ether oxygens (including phenoxy) is 3. The zero-order valence-corrected chi connectivity index (χ0v) is 20.7. The molecule has 1 saturated carbocycles. The number of hydrogen-bond donors (Lipinski definition) is 1. The summed E-state index contributed by atoms with van der Waals surface area (Å²) < 4.78 is 16.8. The first kappa shape index (κ1) is 23.1. The van der Waals surface area contributed by atoms with E-state index in [0.29, 0.717) is 30.9 Å². The molecule has 3 unspecified atom stereocenters. The molecule has 2 aromatic carbocycles. The van der Waals surface area contributed by atoms with E-state index in [9.17, 15) is 5.26 Å². The molecule has 1 saturated heterocycles. The van der Waals surface area contributed by atoms with Gasteiger partial charge in [-0.05, 0) is 73.1 Å². The maximum Gasteiger partial charge on any atom is 0.161 e. The molecule has 2 bridgehead atoms. The zero-order chi connectivity index (χ0) is 24.5. The number of methoxy groups -OCH3 is 1. The van der Waals surface area contributed by atoms with E-state index in [1.54, 1.807) is 13.3 Å². The number of nitrogens with zero attached hydrogens (tertiary/aromatic N) is 3. The molecule has 0 amide bonds. The van der Waals surface area contributed by atoms with Crippen LogP contribution in [0.1, 0.15) is 36.0 Å². The van der Waals surface area contributed by atoms with Gasteiger partial charge in [-0.25, -0.2) is 0 Å². The zero-order valence-electron chi connectivity index (χ0n) is 20.7. The average molecular weight is 485 g/mol. The highest BCUT2D eigenvalue weighted by atomic mass is 16.6. The third-order valence-electron chi connectivity index (χ3n) is 7.95. The number of pyridine rings is 1. The number of nitriles is 1. The smallest absolute Gasteiger partial charge is 0.161 e. The maximum atomic E-state index is 9.74. The first-order valence-corrected chi connectivity index (χ1v) is 12.9. The van der Waals surface area contributed by atoms with Gasteiger partial charge in [-0.3, -0.25) is 9.88 Å². The summed E-state index contributed by atoms with van der Waals surface area (Å²) in [6.07, 6.45) is 6.21. The standard InChI is InChI=1S/C29H32N4O3/c1-34-24-3-4-27-26(14-24)25(21(15-30)17-32-27)6-7-33-18-20-10-22(13-23(33)11-20)31-16-19-2-5-28-29(12-19)36-9-8-35-28/h2-5,12,14,17,20,22-23,31H,6-11,13,16,18H2,1H3. The van der Waals surface area contributed by atoms with Crippen LogP contribution in [0.5, 0.6) is 17.2 Å². The lowest BCUT2D eigenvalue weighted by molar-refractivity contribution is 0.171. The third-order valence-corrected chi connectivity index (χ3v) is 7.95. The van der Waals surface area contributed by atoms with Crippen molar-refractivity contribution in [3.05, 3.63) is 59.3 Å². The van der Waals surface area contributed by atoms with Crippen LogP contribution in [-0.4, -0.2) is 55.4 Å².